The molecule has 2 heteroatoms. The van der Waals surface area contributed by atoms with E-state index in [1.54, 1.807) is 0 Å². The molecular weight excluding hydrogens is 184 g/mol. The lowest BCUT2D eigenvalue weighted by Gasteiger charge is -2.14. The first-order valence-corrected chi connectivity index (χ1v) is 4.84. The van der Waals surface area contributed by atoms with Crippen LogP contribution in [0.3, 0.4) is 0 Å². The highest BCUT2D eigenvalue weighted by Gasteiger charge is 2.09. The molecule has 1 rings (SSSR count). The Kier molecular flexibility index (Phi) is 2.79. The molecule has 66 valence electrons. The third-order valence-electron chi connectivity index (χ3n) is 2.55. The zero-order valence-electron chi connectivity index (χ0n) is 7.89. The van der Waals surface area contributed by atoms with Gasteiger partial charge in [0.05, 0.1) is 0 Å². The third kappa shape index (κ3) is 1.38. The summed E-state index contributed by atoms with van der Waals surface area (Å²) in [5.74, 6) is 0. The number of hydrogen-bond donors (Lipinski definition) is 2. The summed E-state index contributed by atoms with van der Waals surface area (Å²) in [5, 5.41) is 0. The van der Waals surface area contributed by atoms with Crippen molar-refractivity contribution in [1.82, 2.24) is 0 Å². The molecule has 0 unspecified atom stereocenters. The van der Waals surface area contributed by atoms with E-state index in [2.05, 4.69) is 53.0 Å². The third-order valence-corrected chi connectivity index (χ3v) is 3.89. The van der Waals surface area contributed by atoms with Crippen LogP contribution in [0, 0.1) is 27.7 Å². The Hall–Kier alpha value is -0.0800. The van der Waals surface area contributed by atoms with Gasteiger partial charge < -0.3 is 0 Å². The Morgan fingerprint density at radius 3 is 0.917 bits per heavy atom. The predicted molar refractivity (Wildman–Crippen MR) is 59.9 cm³/mol. The molecule has 1 aromatic rings. The molecule has 0 saturated heterocycles. The normalized spacial score (nSPS) is 10.5. The van der Waals surface area contributed by atoms with Crippen LogP contribution < -0.4 is 0 Å². The predicted octanol–water partition coefficient (Wildman–Crippen LogP) is 3.50. The summed E-state index contributed by atoms with van der Waals surface area (Å²) in [6.07, 6.45) is 0. The first-order valence-electron chi connectivity index (χ1n) is 3.95. The van der Waals surface area contributed by atoms with Crippen molar-refractivity contribution >= 4 is 25.3 Å². The van der Waals surface area contributed by atoms with Gasteiger partial charge in [0, 0.05) is 9.79 Å². The summed E-state index contributed by atoms with van der Waals surface area (Å²) < 4.78 is 0. The van der Waals surface area contributed by atoms with Gasteiger partial charge in [-0.2, -0.15) is 0 Å². The largest absolute Gasteiger partial charge is 0.143 e. The van der Waals surface area contributed by atoms with E-state index in [-0.39, 0.29) is 0 Å². The quantitative estimate of drug-likeness (QED) is 0.586. The van der Waals surface area contributed by atoms with Gasteiger partial charge >= 0.3 is 0 Å². The molecule has 0 N–H and O–H groups in total. The van der Waals surface area contributed by atoms with Gasteiger partial charge in [-0.25, -0.2) is 0 Å². The number of benzene rings is 1. The van der Waals surface area contributed by atoms with Gasteiger partial charge in [-0.05, 0) is 49.9 Å². The molecule has 0 saturated carbocycles. The second-order valence-electron chi connectivity index (χ2n) is 3.20. The summed E-state index contributed by atoms with van der Waals surface area (Å²) in [6, 6.07) is 0. The van der Waals surface area contributed by atoms with Crippen molar-refractivity contribution in [3.63, 3.8) is 0 Å². The van der Waals surface area contributed by atoms with Crippen LogP contribution in [0.25, 0.3) is 0 Å². The zero-order chi connectivity index (χ0) is 9.46. The molecule has 0 aliphatic carbocycles. The maximum atomic E-state index is 4.46. The SMILES string of the molecule is Cc1c(C)c(S)c(C)c(C)c1S. The maximum absolute atomic E-state index is 4.46. The first kappa shape index (κ1) is 10.0. The second kappa shape index (κ2) is 3.35. The fourth-order valence-electron chi connectivity index (χ4n) is 1.27. The number of thiol groups is 2. The van der Waals surface area contributed by atoms with E-state index in [1.807, 2.05) is 0 Å². The van der Waals surface area contributed by atoms with Crippen LogP contribution in [-0.4, -0.2) is 0 Å². The van der Waals surface area contributed by atoms with Crippen molar-refractivity contribution in [1.29, 1.82) is 0 Å². The average Bonchev–Trinajstić information content (AvgIpc) is 2.08. The molecule has 0 atom stereocenters. The fraction of sp³-hybridized carbons (Fsp3) is 0.400. The van der Waals surface area contributed by atoms with Crippen LogP contribution in [-0.2, 0) is 0 Å². The van der Waals surface area contributed by atoms with Crippen LogP contribution in [0.5, 0.6) is 0 Å². The zero-order valence-corrected chi connectivity index (χ0v) is 9.68. The first-order chi connectivity index (χ1) is 5.46. The van der Waals surface area contributed by atoms with Crippen LogP contribution in [0.1, 0.15) is 22.3 Å². The van der Waals surface area contributed by atoms with Crippen molar-refractivity contribution in [2.75, 3.05) is 0 Å². The van der Waals surface area contributed by atoms with E-state index in [0.29, 0.717) is 0 Å². The molecule has 1 aromatic carbocycles. The lowest BCUT2D eigenvalue weighted by molar-refractivity contribution is 1.06. The standard InChI is InChI=1S/C10H14S2/c1-5-6(2)10(12)8(4)7(3)9(5)11/h11-12H,1-4H3. The number of rotatable bonds is 0. The molecule has 0 aromatic heterocycles. The minimum absolute atomic E-state index is 1.10. The van der Waals surface area contributed by atoms with E-state index >= 15 is 0 Å². The summed E-state index contributed by atoms with van der Waals surface area (Å²) in [7, 11) is 0. The molecule has 0 aliphatic rings. The van der Waals surface area contributed by atoms with Crippen LogP contribution in [0.2, 0.25) is 0 Å². The Labute approximate surface area is 85.2 Å². The number of hydrogen-bond acceptors (Lipinski definition) is 2. The Morgan fingerprint density at radius 2 is 0.750 bits per heavy atom. The van der Waals surface area contributed by atoms with Gasteiger partial charge in [0.25, 0.3) is 0 Å². The molecule has 0 nitrogen and oxygen atoms in total. The summed E-state index contributed by atoms with van der Waals surface area (Å²) in [4.78, 5) is 2.20. The molecule has 0 heterocycles. The highest BCUT2D eigenvalue weighted by molar-refractivity contribution is 7.80. The average molecular weight is 198 g/mol. The molecular formula is C10H14S2. The minimum atomic E-state index is 1.10. The van der Waals surface area contributed by atoms with Gasteiger partial charge in [0.2, 0.25) is 0 Å². The van der Waals surface area contributed by atoms with Crippen molar-refractivity contribution in [3.8, 4) is 0 Å². The second-order valence-corrected chi connectivity index (χ2v) is 4.09. The summed E-state index contributed by atoms with van der Waals surface area (Å²) in [5.41, 5.74) is 4.97. The van der Waals surface area contributed by atoms with Gasteiger partial charge in [-0.3, -0.25) is 0 Å². The Bertz CT molecular complexity index is 222. The lowest BCUT2D eigenvalue weighted by atomic mass is 10.0. The Morgan fingerprint density at radius 1 is 0.583 bits per heavy atom. The molecule has 0 radical (unpaired) electrons. The van der Waals surface area contributed by atoms with Gasteiger partial charge in [0.1, 0.15) is 0 Å². The smallest absolute Gasteiger partial charge is 0.0105 e. The highest BCUT2D eigenvalue weighted by atomic mass is 32.1. The van der Waals surface area contributed by atoms with Crippen LogP contribution in [0.15, 0.2) is 9.79 Å². The van der Waals surface area contributed by atoms with Gasteiger partial charge in [-0.15, -0.1) is 25.3 Å². The monoisotopic (exact) mass is 198 g/mol. The summed E-state index contributed by atoms with van der Waals surface area (Å²) in [6.45, 7) is 8.35. The van der Waals surface area contributed by atoms with Gasteiger partial charge in [-0.1, -0.05) is 0 Å². The minimum Gasteiger partial charge on any atom is -0.143 e. The van der Waals surface area contributed by atoms with Gasteiger partial charge in [0.15, 0.2) is 0 Å². The lowest BCUT2D eigenvalue weighted by Crippen LogP contribution is -1.94. The molecule has 0 aliphatic heterocycles. The van der Waals surface area contributed by atoms with E-state index in [0.717, 1.165) is 9.79 Å². The molecule has 12 heavy (non-hydrogen) atoms. The van der Waals surface area contributed by atoms with E-state index < -0.39 is 0 Å². The van der Waals surface area contributed by atoms with E-state index in [4.69, 9.17) is 0 Å². The van der Waals surface area contributed by atoms with Crippen molar-refractivity contribution in [2.45, 2.75) is 37.5 Å². The van der Waals surface area contributed by atoms with E-state index in [9.17, 15) is 0 Å². The molecule has 0 spiro atoms. The van der Waals surface area contributed by atoms with Crippen LogP contribution in [0.4, 0.5) is 0 Å². The molecule has 0 amide bonds. The molecule has 0 bridgehead atoms. The van der Waals surface area contributed by atoms with Crippen molar-refractivity contribution in [3.05, 3.63) is 22.3 Å². The fourth-order valence-corrected chi connectivity index (χ4v) is 1.94. The summed E-state index contributed by atoms with van der Waals surface area (Å²) >= 11 is 8.93. The van der Waals surface area contributed by atoms with Crippen molar-refractivity contribution in [2.24, 2.45) is 0 Å². The van der Waals surface area contributed by atoms with Crippen LogP contribution >= 0.6 is 25.3 Å². The van der Waals surface area contributed by atoms with E-state index in [1.165, 1.54) is 22.3 Å². The molecule has 0 fully saturated rings. The van der Waals surface area contributed by atoms with Crippen molar-refractivity contribution < 1.29 is 0 Å². The Balaban J connectivity index is 3.60. The maximum Gasteiger partial charge on any atom is 0.0105 e. The highest BCUT2D eigenvalue weighted by Crippen LogP contribution is 2.30. The topological polar surface area (TPSA) is 0 Å².